The Labute approximate surface area is 134 Å². The van der Waals surface area contributed by atoms with Crippen LogP contribution >= 0.6 is 15.9 Å². The van der Waals surface area contributed by atoms with Crippen molar-refractivity contribution in [1.29, 1.82) is 0 Å². The van der Waals surface area contributed by atoms with E-state index < -0.39 is 0 Å². The van der Waals surface area contributed by atoms with Crippen molar-refractivity contribution in [3.05, 3.63) is 39.5 Å². The Morgan fingerprint density at radius 3 is 2.38 bits per heavy atom. The SMILES string of the molecule is CCCNc1ncc(C)c(Nc2cc(C)c(Br)c(C)c2)n1. The maximum absolute atomic E-state index is 4.54. The molecule has 0 unspecified atom stereocenters. The van der Waals surface area contributed by atoms with Crippen molar-refractivity contribution in [3.8, 4) is 0 Å². The van der Waals surface area contributed by atoms with Gasteiger partial charge in [-0.25, -0.2) is 4.98 Å². The Kier molecular flexibility index (Phi) is 5.17. The quantitative estimate of drug-likeness (QED) is 0.819. The summed E-state index contributed by atoms with van der Waals surface area (Å²) in [6.45, 7) is 9.17. The van der Waals surface area contributed by atoms with Crippen molar-refractivity contribution in [1.82, 2.24) is 9.97 Å². The van der Waals surface area contributed by atoms with Gasteiger partial charge in [-0.15, -0.1) is 0 Å². The zero-order valence-corrected chi connectivity index (χ0v) is 14.5. The third kappa shape index (κ3) is 3.94. The molecule has 21 heavy (non-hydrogen) atoms. The zero-order valence-electron chi connectivity index (χ0n) is 12.9. The molecular weight excluding hydrogens is 328 g/mol. The van der Waals surface area contributed by atoms with Crippen molar-refractivity contribution < 1.29 is 0 Å². The van der Waals surface area contributed by atoms with Crippen LogP contribution in [0.15, 0.2) is 22.8 Å². The number of hydrogen-bond donors (Lipinski definition) is 2. The largest absolute Gasteiger partial charge is 0.354 e. The Hall–Kier alpha value is -1.62. The number of aryl methyl sites for hydroxylation is 3. The third-order valence-electron chi connectivity index (χ3n) is 3.20. The second kappa shape index (κ2) is 6.89. The van der Waals surface area contributed by atoms with Crippen molar-refractivity contribution in [3.63, 3.8) is 0 Å². The maximum atomic E-state index is 4.54. The number of anilines is 3. The van der Waals surface area contributed by atoms with E-state index in [9.17, 15) is 0 Å². The highest BCUT2D eigenvalue weighted by Gasteiger charge is 2.07. The van der Waals surface area contributed by atoms with Gasteiger partial charge >= 0.3 is 0 Å². The number of benzene rings is 1. The maximum Gasteiger partial charge on any atom is 0.224 e. The monoisotopic (exact) mass is 348 g/mol. The second-order valence-corrected chi connectivity index (χ2v) is 5.99. The average Bonchev–Trinajstić information content (AvgIpc) is 2.45. The molecule has 0 saturated heterocycles. The lowest BCUT2D eigenvalue weighted by atomic mass is 10.1. The van der Waals surface area contributed by atoms with Gasteiger partial charge in [0.2, 0.25) is 5.95 Å². The first-order chi connectivity index (χ1) is 10.0. The summed E-state index contributed by atoms with van der Waals surface area (Å²) in [7, 11) is 0. The Balaban J connectivity index is 2.26. The Morgan fingerprint density at radius 1 is 1.10 bits per heavy atom. The summed E-state index contributed by atoms with van der Waals surface area (Å²) in [5.41, 5.74) is 4.47. The zero-order chi connectivity index (χ0) is 15.4. The van der Waals surface area contributed by atoms with Crippen LogP contribution in [0.25, 0.3) is 0 Å². The highest BCUT2D eigenvalue weighted by molar-refractivity contribution is 9.10. The molecule has 0 aliphatic heterocycles. The molecule has 0 atom stereocenters. The first kappa shape index (κ1) is 15.8. The van der Waals surface area contributed by atoms with E-state index >= 15 is 0 Å². The molecule has 1 aromatic carbocycles. The Bertz CT molecular complexity index is 617. The van der Waals surface area contributed by atoms with Gasteiger partial charge in [0, 0.05) is 28.5 Å². The number of hydrogen-bond acceptors (Lipinski definition) is 4. The van der Waals surface area contributed by atoms with Gasteiger partial charge in [-0.3, -0.25) is 0 Å². The van der Waals surface area contributed by atoms with Crippen molar-refractivity contribution in [2.75, 3.05) is 17.2 Å². The minimum atomic E-state index is 0.663. The number of nitrogens with zero attached hydrogens (tertiary/aromatic N) is 2. The molecule has 0 radical (unpaired) electrons. The first-order valence-corrected chi connectivity index (χ1v) is 7.92. The van der Waals surface area contributed by atoms with Gasteiger partial charge in [-0.2, -0.15) is 4.98 Å². The van der Waals surface area contributed by atoms with Crippen LogP contribution in [-0.2, 0) is 0 Å². The van der Waals surface area contributed by atoms with E-state index in [1.165, 1.54) is 11.1 Å². The van der Waals surface area contributed by atoms with Gasteiger partial charge in [0.1, 0.15) is 5.82 Å². The van der Waals surface area contributed by atoms with E-state index in [1.54, 1.807) is 0 Å². The molecular formula is C16H21BrN4. The molecule has 0 bridgehead atoms. The summed E-state index contributed by atoms with van der Waals surface area (Å²) in [6, 6.07) is 4.22. The highest BCUT2D eigenvalue weighted by Crippen LogP contribution is 2.27. The highest BCUT2D eigenvalue weighted by atomic mass is 79.9. The molecule has 0 saturated carbocycles. The number of nitrogens with one attached hydrogen (secondary N) is 2. The second-order valence-electron chi connectivity index (χ2n) is 5.20. The lowest BCUT2D eigenvalue weighted by Gasteiger charge is -2.13. The molecule has 0 aliphatic rings. The molecule has 4 nitrogen and oxygen atoms in total. The van der Waals surface area contributed by atoms with E-state index in [2.05, 4.69) is 69.4 Å². The molecule has 112 valence electrons. The summed E-state index contributed by atoms with van der Waals surface area (Å²) in [5, 5.41) is 6.60. The van der Waals surface area contributed by atoms with Gasteiger partial charge in [-0.05, 0) is 50.5 Å². The summed E-state index contributed by atoms with van der Waals surface area (Å²) >= 11 is 3.59. The van der Waals surface area contributed by atoms with Crippen LogP contribution < -0.4 is 10.6 Å². The van der Waals surface area contributed by atoms with Gasteiger partial charge in [0.15, 0.2) is 0 Å². The van der Waals surface area contributed by atoms with Crippen molar-refractivity contribution in [2.24, 2.45) is 0 Å². The first-order valence-electron chi connectivity index (χ1n) is 7.12. The van der Waals surface area contributed by atoms with Crippen LogP contribution in [0.3, 0.4) is 0 Å². The van der Waals surface area contributed by atoms with E-state index in [0.717, 1.165) is 34.5 Å². The van der Waals surface area contributed by atoms with Crippen LogP contribution in [0.2, 0.25) is 0 Å². The molecule has 0 fully saturated rings. The number of aromatic nitrogens is 2. The lowest BCUT2D eigenvalue weighted by molar-refractivity contribution is 0.950. The molecule has 0 amide bonds. The predicted molar refractivity (Wildman–Crippen MR) is 92.4 cm³/mol. The Morgan fingerprint density at radius 2 is 1.76 bits per heavy atom. The van der Waals surface area contributed by atoms with Crippen molar-refractivity contribution >= 4 is 33.4 Å². The van der Waals surface area contributed by atoms with Gasteiger partial charge in [-0.1, -0.05) is 22.9 Å². The van der Waals surface area contributed by atoms with Crippen molar-refractivity contribution in [2.45, 2.75) is 34.1 Å². The molecule has 0 spiro atoms. The van der Waals surface area contributed by atoms with Gasteiger partial charge < -0.3 is 10.6 Å². The fraction of sp³-hybridized carbons (Fsp3) is 0.375. The molecule has 1 heterocycles. The average molecular weight is 349 g/mol. The summed E-state index contributed by atoms with van der Waals surface area (Å²) in [6.07, 6.45) is 2.89. The summed E-state index contributed by atoms with van der Waals surface area (Å²) in [4.78, 5) is 8.84. The van der Waals surface area contributed by atoms with Crippen LogP contribution in [0.5, 0.6) is 0 Å². The van der Waals surface area contributed by atoms with Gasteiger partial charge in [0.05, 0.1) is 0 Å². The summed E-state index contributed by atoms with van der Waals surface area (Å²) in [5.74, 6) is 1.50. The predicted octanol–water partition coefficient (Wildman–Crippen LogP) is 4.73. The number of rotatable bonds is 5. The standard InChI is InChI=1S/C16H21BrN4/c1-5-6-18-16-19-9-12(4)15(21-16)20-13-7-10(2)14(17)11(3)8-13/h7-9H,5-6H2,1-4H3,(H2,18,19,20,21). The molecule has 5 heteroatoms. The van der Waals surface area contributed by atoms with Crippen LogP contribution in [0, 0.1) is 20.8 Å². The van der Waals surface area contributed by atoms with Crippen LogP contribution in [0.4, 0.5) is 17.5 Å². The van der Waals surface area contributed by atoms with E-state index in [-0.39, 0.29) is 0 Å². The molecule has 1 aromatic heterocycles. The third-order valence-corrected chi connectivity index (χ3v) is 4.45. The van der Waals surface area contributed by atoms with E-state index in [4.69, 9.17) is 0 Å². The molecule has 0 aliphatic carbocycles. The number of halogens is 1. The van der Waals surface area contributed by atoms with Gasteiger partial charge in [0.25, 0.3) is 0 Å². The smallest absolute Gasteiger partial charge is 0.224 e. The molecule has 2 rings (SSSR count). The molecule has 2 N–H and O–H groups in total. The van der Waals surface area contributed by atoms with Crippen LogP contribution in [0.1, 0.15) is 30.0 Å². The molecule has 2 aromatic rings. The fourth-order valence-corrected chi connectivity index (χ4v) is 2.27. The normalized spacial score (nSPS) is 10.5. The van der Waals surface area contributed by atoms with E-state index in [1.807, 2.05) is 13.1 Å². The van der Waals surface area contributed by atoms with E-state index in [0.29, 0.717) is 5.95 Å². The minimum absolute atomic E-state index is 0.663. The lowest BCUT2D eigenvalue weighted by Crippen LogP contribution is -2.07. The summed E-state index contributed by atoms with van der Waals surface area (Å²) < 4.78 is 1.15. The topological polar surface area (TPSA) is 49.8 Å². The fourth-order valence-electron chi connectivity index (χ4n) is 2.05. The van der Waals surface area contributed by atoms with Crippen LogP contribution in [-0.4, -0.2) is 16.5 Å². The minimum Gasteiger partial charge on any atom is -0.354 e.